The van der Waals surface area contributed by atoms with E-state index in [-0.39, 0.29) is 11.0 Å². The van der Waals surface area contributed by atoms with Crippen molar-refractivity contribution in [3.63, 3.8) is 0 Å². The minimum absolute atomic E-state index is 0.0273. The molecule has 20 heavy (non-hydrogen) atoms. The highest BCUT2D eigenvalue weighted by Crippen LogP contribution is 2.41. The van der Waals surface area contributed by atoms with Crippen molar-refractivity contribution in [3.05, 3.63) is 34.2 Å². The van der Waals surface area contributed by atoms with Crippen molar-refractivity contribution in [2.24, 2.45) is 7.05 Å². The number of hydrogen-bond acceptors (Lipinski definition) is 2. The van der Waals surface area contributed by atoms with E-state index in [9.17, 15) is 4.79 Å². The minimum Gasteiger partial charge on any atom is -0.267 e. The van der Waals surface area contributed by atoms with Crippen LogP contribution in [0.5, 0.6) is 0 Å². The Kier molecular flexibility index (Phi) is 3.46. The summed E-state index contributed by atoms with van der Waals surface area (Å²) in [5, 5.41) is 7.13. The summed E-state index contributed by atoms with van der Waals surface area (Å²) >= 11 is 0. The second-order valence-electron chi connectivity index (χ2n) is 6.93. The molecule has 0 amide bonds. The summed E-state index contributed by atoms with van der Waals surface area (Å²) < 4.78 is 1.39. The van der Waals surface area contributed by atoms with Crippen LogP contribution in [0.25, 0.3) is 10.8 Å². The van der Waals surface area contributed by atoms with Crippen molar-refractivity contribution in [3.8, 4) is 0 Å². The molecular formula is C16H23N2OP. The molecule has 0 saturated heterocycles. The van der Waals surface area contributed by atoms with Crippen molar-refractivity contribution in [2.75, 3.05) is 13.3 Å². The molecule has 0 atom stereocenters. The van der Waals surface area contributed by atoms with Crippen molar-refractivity contribution in [1.82, 2.24) is 9.78 Å². The highest BCUT2D eigenvalue weighted by molar-refractivity contribution is 7.79. The van der Waals surface area contributed by atoms with Crippen LogP contribution in [0.2, 0.25) is 0 Å². The fourth-order valence-corrected chi connectivity index (χ4v) is 4.45. The van der Waals surface area contributed by atoms with Crippen LogP contribution in [-0.4, -0.2) is 29.4 Å². The number of rotatable bonds is 1. The third-order valence-corrected chi connectivity index (χ3v) is 5.21. The maximum absolute atomic E-state index is 12.3. The van der Waals surface area contributed by atoms with Gasteiger partial charge in [0.25, 0.3) is 5.56 Å². The molecule has 0 aliphatic carbocycles. The summed E-state index contributed by atoms with van der Waals surface area (Å²) in [6, 6.07) is 4.02. The van der Waals surface area contributed by atoms with Gasteiger partial charge in [-0.05, 0) is 35.7 Å². The SMILES string of the molecule is C=P(C)(C)c1c(C(C)(C)C)ccc2c(=O)n(C)ncc12. The number of aryl methyl sites for hydroxylation is 1. The molecular weight excluding hydrogens is 267 g/mol. The zero-order chi connectivity index (χ0) is 15.3. The van der Waals surface area contributed by atoms with Gasteiger partial charge in [0.2, 0.25) is 0 Å². The molecule has 2 aromatic rings. The second kappa shape index (κ2) is 4.60. The molecule has 2 rings (SSSR count). The normalized spacial score (nSPS) is 12.9. The predicted octanol–water partition coefficient (Wildman–Crippen LogP) is 2.57. The van der Waals surface area contributed by atoms with Crippen LogP contribution in [0, 0.1) is 0 Å². The maximum atomic E-state index is 12.3. The Labute approximate surface area is 120 Å². The van der Waals surface area contributed by atoms with E-state index < -0.39 is 6.89 Å². The molecule has 0 unspecified atom stereocenters. The van der Waals surface area contributed by atoms with Crippen LogP contribution >= 0.6 is 6.89 Å². The fraction of sp³-hybridized carbons (Fsp3) is 0.438. The van der Waals surface area contributed by atoms with E-state index in [1.165, 1.54) is 15.5 Å². The van der Waals surface area contributed by atoms with Gasteiger partial charge in [0.15, 0.2) is 0 Å². The summed E-state index contributed by atoms with van der Waals surface area (Å²) in [7, 11) is 1.68. The molecule has 1 aromatic heterocycles. The van der Waals surface area contributed by atoms with Crippen LogP contribution in [-0.2, 0) is 12.5 Å². The van der Waals surface area contributed by atoms with Gasteiger partial charge in [-0.15, -0.1) is 0 Å². The predicted molar refractivity (Wildman–Crippen MR) is 91.2 cm³/mol. The smallest absolute Gasteiger partial charge is 0.267 e. The van der Waals surface area contributed by atoms with Gasteiger partial charge in [-0.25, -0.2) is 4.68 Å². The number of hydrogen-bond donors (Lipinski definition) is 0. The lowest BCUT2D eigenvalue weighted by Crippen LogP contribution is -2.27. The Balaban J connectivity index is 3.05. The van der Waals surface area contributed by atoms with Crippen LogP contribution in [0.15, 0.2) is 23.1 Å². The third kappa shape index (κ3) is 2.47. The third-order valence-electron chi connectivity index (χ3n) is 3.51. The average Bonchev–Trinajstić information content (AvgIpc) is 2.30. The summed E-state index contributed by atoms with van der Waals surface area (Å²) in [6.45, 7) is 9.45. The lowest BCUT2D eigenvalue weighted by molar-refractivity contribution is 0.594. The standard InChI is InChI=1S/C16H23N2OP/c1-16(2,3)13-9-8-11-12(14(13)20(5,6)7)10-17-18(4)15(11)19/h8-10H,5H2,1-4,6-7H3. The molecule has 3 nitrogen and oxygen atoms in total. The lowest BCUT2D eigenvalue weighted by Gasteiger charge is -2.28. The zero-order valence-electron chi connectivity index (χ0n) is 13.2. The molecule has 1 aromatic carbocycles. The molecule has 0 radical (unpaired) electrons. The Hall–Kier alpha value is -1.34. The molecule has 0 aliphatic heterocycles. The van der Waals surface area contributed by atoms with E-state index in [0.717, 1.165) is 10.8 Å². The fourth-order valence-electron chi connectivity index (χ4n) is 2.55. The molecule has 0 N–H and O–H groups in total. The zero-order valence-corrected chi connectivity index (χ0v) is 14.1. The molecule has 4 heteroatoms. The highest BCUT2D eigenvalue weighted by atomic mass is 31.2. The second-order valence-corrected chi connectivity index (χ2v) is 10.7. The Morgan fingerprint density at radius 3 is 2.30 bits per heavy atom. The van der Waals surface area contributed by atoms with Crippen molar-refractivity contribution in [2.45, 2.75) is 26.2 Å². The van der Waals surface area contributed by atoms with Crippen molar-refractivity contribution < 1.29 is 0 Å². The first-order valence-corrected chi connectivity index (χ1v) is 9.59. The van der Waals surface area contributed by atoms with E-state index in [4.69, 9.17) is 0 Å². The Bertz CT molecular complexity index is 775. The quantitative estimate of drug-likeness (QED) is 0.757. The number of benzene rings is 1. The molecule has 0 fully saturated rings. The van der Waals surface area contributed by atoms with Crippen molar-refractivity contribution in [1.29, 1.82) is 0 Å². The van der Waals surface area contributed by atoms with Crippen LogP contribution in [0.3, 0.4) is 0 Å². The molecule has 1 heterocycles. The number of fused-ring (bicyclic) bond motifs is 1. The number of nitrogens with zero attached hydrogens (tertiary/aromatic N) is 2. The number of aromatic nitrogens is 2. The first kappa shape index (κ1) is 15.1. The summed E-state index contributed by atoms with van der Waals surface area (Å²) in [5.74, 6) is 0. The Morgan fingerprint density at radius 1 is 1.20 bits per heavy atom. The van der Waals surface area contributed by atoms with Gasteiger partial charge in [0, 0.05) is 12.4 Å². The van der Waals surface area contributed by atoms with E-state index in [1.54, 1.807) is 7.05 Å². The molecule has 0 spiro atoms. The molecule has 108 valence electrons. The maximum Gasteiger partial charge on any atom is 0.274 e. The first-order chi connectivity index (χ1) is 9.03. The largest absolute Gasteiger partial charge is 0.274 e. The van der Waals surface area contributed by atoms with Gasteiger partial charge in [-0.2, -0.15) is 5.10 Å². The van der Waals surface area contributed by atoms with E-state index >= 15 is 0 Å². The topological polar surface area (TPSA) is 34.9 Å². The van der Waals surface area contributed by atoms with Gasteiger partial charge >= 0.3 is 0 Å². The van der Waals surface area contributed by atoms with Gasteiger partial charge in [0.1, 0.15) is 0 Å². The van der Waals surface area contributed by atoms with Crippen LogP contribution < -0.4 is 10.9 Å². The van der Waals surface area contributed by atoms with Crippen molar-refractivity contribution >= 4 is 29.3 Å². The van der Waals surface area contributed by atoms with Gasteiger partial charge in [0.05, 0.1) is 11.6 Å². The molecule has 0 aliphatic rings. The van der Waals surface area contributed by atoms with E-state index in [0.29, 0.717) is 0 Å². The van der Waals surface area contributed by atoms with Crippen LogP contribution in [0.1, 0.15) is 26.3 Å². The highest BCUT2D eigenvalue weighted by Gasteiger charge is 2.24. The summed E-state index contributed by atoms with van der Waals surface area (Å²) in [5.41, 5.74) is 1.26. The van der Waals surface area contributed by atoms with E-state index in [1.807, 2.05) is 12.3 Å². The van der Waals surface area contributed by atoms with Crippen LogP contribution in [0.4, 0.5) is 0 Å². The van der Waals surface area contributed by atoms with Gasteiger partial charge < -0.3 is 0 Å². The summed E-state index contributed by atoms with van der Waals surface area (Å²) in [4.78, 5) is 12.3. The molecule has 0 bridgehead atoms. The lowest BCUT2D eigenvalue weighted by atomic mass is 9.86. The van der Waals surface area contributed by atoms with Gasteiger partial charge in [-0.3, -0.25) is 4.79 Å². The summed E-state index contributed by atoms with van der Waals surface area (Å²) in [6.07, 6.45) is 6.21. The minimum atomic E-state index is -1.52. The van der Waals surface area contributed by atoms with E-state index in [2.05, 4.69) is 51.6 Å². The average molecular weight is 290 g/mol. The molecule has 0 saturated carbocycles. The first-order valence-electron chi connectivity index (χ1n) is 6.72. The Morgan fingerprint density at radius 2 is 1.80 bits per heavy atom. The monoisotopic (exact) mass is 290 g/mol. The van der Waals surface area contributed by atoms with Gasteiger partial charge in [-0.1, -0.05) is 40.0 Å².